The number of hydrazine groups is 1. The van der Waals surface area contributed by atoms with Gasteiger partial charge < -0.3 is 14.8 Å². The molecule has 11 heteroatoms. The van der Waals surface area contributed by atoms with Crippen LogP contribution in [0, 0.1) is 6.92 Å². The lowest BCUT2D eigenvalue weighted by atomic mass is 10.2. The standard InChI is InChI=1S/C19H22N4O5S2/c1-13-2-5-15(6-3-13)30(25,26)21-9-8-18(24)22-23-19(29)20-11-14-4-7-16-17(10-14)28-12-27-16/h2-7,10,21H,8-9,11-12H2,1H3,(H,22,24)(H2,20,23,29). The van der Waals surface area contributed by atoms with Crippen molar-refractivity contribution in [2.45, 2.75) is 24.8 Å². The molecular formula is C19H22N4O5S2. The molecule has 0 aliphatic carbocycles. The van der Waals surface area contributed by atoms with E-state index in [9.17, 15) is 13.2 Å². The van der Waals surface area contributed by atoms with Gasteiger partial charge in [-0.2, -0.15) is 0 Å². The molecule has 0 aromatic heterocycles. The minimum atomic E-state index is -3.66. The highest BCUT2D eigenvalue weighted by molar-refractivity contribution is 7.89. The monoisotopic (exact) mass is 450 g/mol. The minimum Gasteiger partial charge on any atom is -0.454 e. The fourth-order valence-corrected chi connectivity index (χ4v) is 3.72. The number of nitrogens with one attached hydrogen (secondary N) is 4. The van der Waals surface area contributed by atoms with Crippen molar-refractivity contribution in [3.05, 3.63) is 53.6 Å². The summed E-state index contributed by atoms with van der Waals surface area (Å²) in [5, 5.41) is 3.17. The number of ether oxygens (including phenoxy) is 2. The zero-order valence-corrected chi connectivity index (χ0v) is 17.9. The predicted octanol–water partition coefficient (Wildman–Crippen LogP) is 1.09. The SMILES string of the molecule is Cc1ccc(S(=O)(=O)NCCC(=O)NNC(=S)NCc2ccc3c(c2)OCO3)cc1. The van der Waals surface area contributed by atoms with Gasteiger partial charge in [-0.05, 0) is 49.0 Å². The van der Waals surface area contributed by atoms with Crippen molar-refractivity contribution < 1.29 is 22.7 Å². The third kappa shape index (κ3) is 6.05. The van der Waals surface area contributed by atoms with Crippen molar-refractivity contribution in [1.82, 2.24) is 20.9 Å². The number of carbonyl (C=O) groups excluding carboxylic acids is 1. The van der Waals surface area contributed by atoms with Crippen molar-refractivity contribution in [2.24, 2.45) is 0 Å². The molecule has 1 aliphatic heterocycles. The highest BCUT2D eigenvalue weighted by Gasteiger charge is 2.14. The van der Waals surface area contributed by atoms with Crippen LogP contribution < -0.4 is 30.4 Å². The van der Waals surface area contributed by atoms with E-state index in [0.717, 1.165) is 11.1 Å². The highest BCUT2D eigenvalue weighted by Crippen LogP contribution is 2.32. The molecule has 0 fully saturated rings. The van der Waals surface area contributed by atoms with Gasteiger partial charge in [0.15, 0.2) is 16.6 Å². The zero-order valence-electron chi connectivity index (χ0n) is 16.2. The first-order valence-corrected chi connectivity index (χ1v) is 11.0. The first kappa shape index (κ1) is 21.8. The van der Waals surface area contributed by atoms with Crippen LogP contribution in [0.1, 0.15) is 17.5 Å². The molecule has 0 radical (unpaired) electrons. The van der Waals surface area contributed by atoms with Gasteiger partial charge in [0.1, 0.15) is 0 Å². The number of hydrogen-bond donors (Lipinski definition) is 4. The minimum absolute atomic E-state index is 0.0406. The van der Waals surface area contributed by atoms with Crippen LogP contribution in [0.3, 0.4) is 0 Å². The summed E-state index contributed by atoms with van der Waals surface area (Å²) in [4.78, 5) is 12.0. The molecule has 1 heterocycles. The maximum absolute atomic E-state index is 12.2. The van der Waals surface area contributed by atoms with E-state index in [1.54, 1.807) is 12.1 Å². The molecule has 1 aliphatic rings. The van der Waals surface area contributed by atoms with Gasteiger partial charge in [-0.25, -0.2) is 13.1 Å². The van der Waals surface area contributed by atoms with Gasteiger partial charge in [-0.15, -0.1) is 0 Å². The lowest BCUT2D eigenvalue weighted by Crippen LogP contribution is -2.47. The molecule has 0 unspecified atom stereocenters. The van der Waals surface area contributed by atoms with Crippen LogP contribution in [0.5, 0.6) is 11.5 Å². The lowest BCUT2D eigenvalue weighted by Gasteiger charge is -2.12. The Morgan fingerprint density at radius 1 is 1.07 bits per heavy atom. The molecule has 2 aromatic carbocycles. The van der Waals surface area contributed by atoms with E-state index >= 15 is 0 Å². The number of sulfonamides is 1. The van der Waals surface area contributed by atoms with Crippen molar-refractivity contribution in [3.63, 3.8) is 0 Å². The maximum atomic E-state index is 12.2. The van der Waals surface area contributed by atoms with Gasteiger partial charge >= 0.3 is 0 Å². The fourth-order valence-electron chi connectivity index (χ4n) is 2.57. The molecule has 3 rings (SSSR count). The van der Waals surface area contributed by atoms with Crippen molar-refractivity contribution in [2.75, 3.05) is 13.3 Å². The lowest BCUT2D eigenvalue weighted by molar-refractivity contribution is -0.121. The zero-order chi connectivity index (χ0) is 21.6. The van der Waals surface area contributed by atoms with Gasteiger partial charge in [-0.1, -0.05) is 23.8 Å². The molecule has 4 N–H and O–H groups in total. The number of aryl methyl sites for hydroxylation is 1. The molecular weight excluding hydrogens is 428 g/mol. The van der Waals surface area contributed by atoms with Crippen molar-refractivity contribution in [1.29, 1.82) is 0 Å². The summed E-state index contributed by atoms with van der Waals surface area (Å²) >= 11 is 5.11. The second-order valence-corrected chi connectivity index (χ2v) is 8.68. The van der Waals surface area contributed by atoms with E-state index in [4.69, 9.17) is 21.7 Å². The highest BCUT2D eigenvalue weighted by atomic mass is 32.2. The molecule has 2 aromatic rings. The predicted molar refractivity (Wildman–Crippen MR) is 114 cm³/mol. The Morgan fingerprint density at radius 3 is 2.57 bits per heavy atom. The molecule has 0 saturated carbocycles. The third-order valence-electron chi connectivity index (χ3n) is 4.18. The van der Waals surface area contributed by atoms with E-state index in [2.05, 4.69) is 20.9 Å². The largest absolute Gasteiger partial charge is 0.454 e. The summed E-state index contributed by atoms with van der Waals surface area (Å²) < 4.78 is 37.3. The average Bonchev–Trinajstić information content (AvgIpc) is 3.19. The Bertz CT molecular complexity index is 1030. The molecule has 0 bridgehead atoms. The number of benzene rings is 2. The summed E-state index contributed by atoms with van der Waals surface area (Å²) in [6.45, 7) is 2.46. The van der Waals surface area contributed by atoms with E-state index in [1.165, 1.54) is 12.1 Å². The van der Waals surface area contributed by atoms with Gasteiger partial charge in [0.2, 0.25) is 22.7 Å². The quantitative estimate of drug-likeness (QED) is 0.366. The third-order valence-corrected chi connectivity index (χ3v) is 5.90. The smallest absolute Gasteiger partial charge is 0.240 e. The molecule has 0 atom stereocenters. The van der Waals surface area contributed by atoms with Crippen LogP contribution in [0.15, 0.2) is 47.4 Å². The number of amides is 1. The van der Waals surface area contributed by atoms with Crippen LogP contribution in [0.25, 0.3) is 0 Å². The van der Waals surface area contributed by atoms with Gasteiger partial charge in [0.25, 0.3) is 0 Å². The van der Waals surface area contributed by atoms with Gasteiger partial charge in [0, 0.05) is 19.5 Å². The Balaban J connectivity index is 1.35. The van der Waals surface area contributed by atoms with Crippen LogP contribution in [0.4, 0.5) is 0 Å². The molecule has 0 spiro atoms. The molecule has 1 amide bonds. The van der Waals surface area contributed by atoms with E-state index in [-0.39, 0.29) is 29.8 Å². The summed E-state index contributed by atoms with van der Waals surface area (Å²) in [6.07, 6.45) is -0.0527. The van der Waals surface area contributed by atoms with E-state index in [0.29, 0.717) is 18.0 Å². The molecule has 160 valence electrons. The first-order chi connectivity index (χ1) is 14.3. The summed E-state index contributed by atoms with van der Waals surface area (Å²) in [7, 11) is -3.66. The van der Waals surface area contributed by atoms with Crippen LogP contribution in [0.2, 0.25) is 0 Å². The Kier molecular flexibility index (Phi) is 7.08. The molecule has 30 heavy (non-hydrogen) atoms. The van der Waals surface area contributed by atoms with Crippen LogP contribution in [-0.2, 0) is 21.4 Å². The van der Waals surface area contributed by atoms with Gasteiger partial charge in [-0.3, -0.25) is 15.6 Å². The Labute approximate surface area is 180 Å². The van der Waals surface area contributed by atoms with Crippen LogP contribution >= 0.6 is 12.2 Å². The van der Waals surface area contributed by atoms with Crippen molar-refractivity contribution in [3.8, 4) is 11.5 Å². The Hall–Kier alpha value is -2.89. The molecule has 0 saturated heterocycles. The fraction of sp³-hybridized carbons (Fsp3) is 0.263. The molecule has 9 nitrogen and oxygen atoms in total. The Morgan fingerprint density at radius 2 is 1.80 bits per heavy atom. The van der Waals surface area contributed by atoms with E-state index in [1.807, 2.05) is 25.1 Å². The van der Waals surface area contributed by atoms with Crippen molar-refractivity contribution >= 4 is 33.3 Å². The summed E-state index contributed by atoms with van der Waals surface area (Å²) in [5.41, 5.74) is 6.89. The maximum Gasteiger partial charge on any atom is 0.240 e. The number of hydrogen-bond acceptors (Lipinski definition) is 6. The topological polar surface area (TPSA) is 118 Å². The second kappa shape index (κ2) is 9.74. The number of thiocarbonyl (C=S) groups is 1. The van der Waals surface area contributed by atoms with Crippen LogP contribution in [-0.4, -0.2) is 32.8 Å². The normalized spacial score (nSPS) is 12.3. The number of fused-ring (bicyclic) bond motifs is 1. The number of rotatable bonds is 7. The van der Waals surface area contributed by atoms with Gasteiger partial charge in [0.05, 0.1) is 4.90 Å². The second-order valence-electron chi connectivity index (χ2n) is 6.50. The van der Waals surface area contributed by atoms with E-state index < -0.39 is 15.9 Å². The average molecular weight is 451 g/mol. The summed E-state index contributed by atoms with van der Waals surface area (Å²) in [6, 6.07) is 12.0. The first-order valence-electron chi connectivity index (χ1n) is 9.11. The number of carbonyl (C=O) groups is 1. The summed E-state index contributed by atoms with van der Waals surface area (Å²) in [5.74, 6) is 0.966.